The molecule has 1 N–H and O–H groups in total. The second kappa shape index (κ2) is 7.04. The van der Waals surface area contributed by atoms with Crippen molar-refractivity contribution in [2.45, 2.75) is 52.6 Å². The quantitative estimate of drug-likeness (QED) is 0.785. The summed E-state index contributed by atoms with van der Waals surface area (Å²) < 4.78 is 1.67. The Kier molecular flexibility index (Phi) is 5.66. The average Bonchev–Trinajstić information content (AvgIpc) is 2.76. The van der Waals surface area contributed by atoms with E-state index in [-0.39, 0.29) is 11.9 Å². The lowest BCUT2D eigenvalue weighted by Gasteiger charge is -2.14. The number of hydrogen-bond donors (Lipinski definition) is 1. The normalized spacial score (nSPS) is 12.7. The van der Waals surface area contributed by atoms with Gasteiger partial charge in [0.05, 0.1) is 6.54 Å². The number of aryl methyl sites for hydroxylation is 1. The van der Waals surface area contributed by atoms with Crippen LogP contribution < -0.4 is 5.32 Å². The van der Waals surface area contributed by atoms with E-state index in [0.717, 1.165) is 12.8 Å². The van der Waals surface area contributed by atoms with Gasteiger partial charge in [0.1, 0.15) is 12.7 Å². The molecule has 96 valence electrons. The van der Waals surface area contributed by atoms with Crippen molar-refractivity contribution < 1.29 is 4.79 Å². The van der Waals surface area contributed by atoms with E-state index < -0.39 is 0 Å². The van der Waals surface area contributed by atoms with E-state index in [1.165, 1.54) is 6.33 Å². The van der Waals surface area contributed by atoms with Crippen LogP contribution in [0.25, 0.3) is 0 Å². The third-order valence-corrected chi connectivity index (χ3v) is 2.62. The largest absolute Gasteiger partial charge is 0.354 e. The first-order chi connectivity index (χ1) is 8.08. The van der Waals surface area contributed by atoms with Gasteiger partial charge in [0, 0.05) is 12.5 Å². The fraction of sp³-hybridized carbons (Fsp3) is 0.750. The van der Waals surface area contributed by atoms with Gasteiger partial charge in [-0.3, -0.25) is 9.48 Å². The summed E-state index contributed by atoms with van der Waals surface area (Å²) in [5.41, 5.74) is 0. The zero-order valence-electron chi connectivity index (χ0n) is 10.9. The van der Waals surface area contributed by atoms with E-state index in [9.17, 15) is 4.79 Å². The second-order valence-electron chi connectivity index (χ2n) is 4.85. The molecule has 1 atom stereocenters. The van der Waals surface area contributed by atoms with E-state index in [2.05, 4.69) is 36.2 Å². The highest BCUT2D eigenvalue weighted by Crippen LogP contribution is 2.06. The SMILES string of the molecule is CC(C)CCC(C)NC(=O)CCn1cncn1. The molecule has 1 heterocycles. The molecule has 0 radical (unpaired) electrons. The summed E-state index contributed by atoms with van der Waals surface area (Å²) in [5, 5.41) is 6.95. The maximum absolute atomic E-state index is 11.6. The van der Waals surface area contributed by atoms with Gasteiger partial charge in [0.2, 0.25) is 5.91 Å². The van der Waals surface area contributed by atoms with Gasteiger partial charge in [-0.25, -0.2) is 4.98 Å². The minimum atomic E-state index is 0.0803. The van der Waals surface area contributed by atoms with Crippen LogP contribution in [0.1, 0.15) is 40.0 Å². The Labute approximate surface area is 103 Å². The summed E-state index contributed by atoms with van der Waals surface area (Å²) in [4.78, 5) is 15.5. The van der Waals surface area contributed by atoms with Crippen LogP contribution in [0.2, 0.25) is 0 Å². The van der Waals surface area contributed by atoms with E-state index in [0.29, 0.717) is 18.9 Å². The number of hydrogen-bond acceptors (Lipinski definition) is 3. The van der Waals surface area contributed by atoms with Crippen molar-refractivity contribution in [2.24, 2.45) is 5.92 Å². The molecule has 1 aromatic rings. The van der Waals surface area contributed by atoms with Crippen LogP contribution in [0, 0.1) is 5.92 Å². The number of carbonyl (C=O) groups is 1. The smallest absolute Gasteiger partial charge is 0.222 e. The number of nitrogens with one attached hydrogen (secondary N) is 1. The summed E-state index contributed by atoms with van der Waals surface area (Å²) in [6, 6.07) is 0.251. The van der Waals surface area contributed by atoms with Crippen molar-refractivity contribution in [1.82, 2.24) is 20.1 Å². The van der Waals surface area contributed by atoms with Gasteiger partial charge in [-0.15, -0.1) is 0 Å². The zero-order valence-corrected chi connectivity index (χ0v) is 10.9. The molecule has 0 saturated heterocycles. The molecule has 5 nitrogen and oxygen atoms in total. The molecule has 0 aliphatic heterocycles. The maximum Gasteiger partial charge on any atom is 0.222 e. The third kappa shape index (κ3) is 6.04. The highest BCUT2D eigenvalue weighted by Gasteiger charge is 2.08. The van der Waals surface area contributed by atoms with E-state index >= 15 is 0 Å². The molecular formula is C12H22N4O. The van der Waals surface area contributed by atoms with Gasteiger partial charge in [-0.05, 0) is 25.7 Å². The molecule has 0 aliphatic rings. The lowest BCUT2D eigenvalue weighted by Crippen LogP contribution is -2.33. The van der Waals surface area contributed by atoms with Crippen LogP contribution in [0.4, 0.5) is 0 Å². The number of rotatable bonds is 7. The summed E-state index contributed by atoms with van der Waals surface area (Å²) in [5.74, 6) is 0.765. The van der Waals surface area contributed by atoms with Crippen molar-refractivity contribution in [1.29, 1.82) is 0 Å². The van der Waals surface area contributed by atoms with Gasteiger partial charge in [-0.1, -0.05) is 13.8 Å². The minimum absolute atomic E-state index is 0.0803. The Morgan fingerprint density at radius 1 is 1.35 bits per heavy atom. The Morgan fingerprint density at radius 2 is 2.12 bits per heavy atom. The maximum atomic E-state index is 11.6. The first-order valence-electron chi connectivity index (χ1n) is 6.19. The zero-order chi connectivity index (χ0) is 12.7. The van der Waals surface area contributed by atoms with Gasteiger partial charge in [-0.2, -0.15) is 5.10 Å². The molecule has 0 aliphatic carbocycles. The van der Waals surface area contributed by atoms with Crippen LogP contribution in [-0.2, 0) is 11.3 Å². The standard InChI is InChI=1S/C12H22N4O/c1-10(2)4-5-11(3)15-12(17)6-7-16-9-13-8-14-16/h8-11H,4-7H2,1-3H3,(H,15,17). The van der Waals surface area contributed by atoms with Gasteiger partial charge >= 0.3 is 0 Å². The molecule has 0 saturated carbocycles. The third-order valence-electron chi connectivity index (χ3n) is 2.62. The van der Waals surface area contributed by atoms with Crippen LogP contribution in [0.3, 0.4) is 0 Å². The fourth-order valence-corrected chi connectivity index (χ4v) is 1.57. The highest BCUT2D eigenvalue weighted by molar-refractivity contribution is 5.76. The van der Waals surface area contributed by atoms with E-state index in [1.807, 2.05) is 0 Å². The monoisotopic (exact) mass is 238 g/mol. The predicted octanol–water partition coefficient (Wildman–Crippen LogP) is 1.61. The van der Waals surface area contributed by atoms with E-state index in [1.54, 1.807) is 11.0 Å². The second-order valence-corrected chi connectivity index (χ2v) is 4.85. The lowest BCUT2D eigenvalue weighted by atomic mass is 10.0. The van der Waals surface area contributed by atoms with Crippen LogP contribution in [0.5, 0.6) is 0 Å². The molecule has 5 heteroatoms. The molecule has 0 bridgehead atoms. The molecule has 1 amide bonds. The first kappa shape index (κ1) is 13.7. The molecular weight excluding hydrogens is 216 g/mol. The summed E-state index contributed by atoms with van der Waals surface area (Å²) in [7, 11) is 0. The van der Waals surface area contributed by atoms with Crippen molar-refractivity contribution in [3.05, 3.63) is 12.7 Å². The molecule has 0 spiro atoms. The Bertz CT molecular complexity index is 321. The number of amides is 1. The molecule has 17 heavy (non-hydrogen) atoms. The van der Waals surface area contributed by atoms with Gasteiger partial charge in [0.25, 0.3) is 0 Å². The minimum Gasteiger partial charge on any atom is -0.354 e. The highest BCUT2D eigenvalue weighted by atomic mass is 16.1. The lowest BCUT2D eigenvalue weighted by molar-refractivity contribution is -0.122. The summed E-state index contributed by atoms with van der Waals surface area (Å²) in [6.45, 7) is 7.02. The predicted molar refractivity (Wildman–Crippen MR) is 66.3 cm³/mol. The van der Waals surface area contributed by atoms with Crippen molar-refractivity contribution in [3.8, 4) is 0 Å². The van der Waals surface area contributed by atoms with Crippen molar-refractivity contribution in [3.63, 3.8) is 0 Å². The van der Waals surface area contributed by atoms with Crippen LogP contribution in [-0.4, -0.2) is 26.7 Å². The summed E-state index contributed by atoms with van der Waals surface area (Å²) >= 11 is 0. The first-order valence-corrected chi connectivity index (χ1v) is 6.19. The topological polar surface area (TPSA) is 59.8 Å². The van der Waals surface area contributed by atoms with Crippen LogP contribution in [0.15, 0.2) is 12.7 Å². The Morgan fingerprint density at radius 3 is 2.71 bits per heavy atom. The molecule has 1 unspecified atom stereocenters. The summed E-state index contributed by atoms with van der Waals surface area (Å²) in [6.07, 6.45) is 5.73. The fourth-order valence-electron chi connectivity index (χ4n) is 1.57. The van der Waals surface area contributed by atoms with Crippen molar-refractivity contribution in [2.75, 3.05) is 0 Å². The average molecular weight is 238 g/mol. The Balaban J connectivity index is 2.16. The van der Waals surface area contributed by atoms with Crippen molar-refractivity contribution >= 4 is 5.91 Å². The molecule has 1 aromatic heterocycles. The number of carbonyl (C=O) groups excluding carboxylic acids is 1. The van der Waals surface area contributed by atoms with Gasteiger partial charge in [0.15, 0.2) is 0 Å². The Hall–Kier alpha value is -1.39. The van der Waals surface area contributed by atoms with Gasteiger partial charge < -0.3 is 5.32 Å². The number of aromatic nitrogens is 3. The van der Waals surface area contributed by atoms with Crippen LogP contribution >= 0.6 is 0 Å². The number of nitrogens with zero attached hydrogens (tertiary/aromatic N) is 3. The molecule has 0 fully saturated rings. The molecule has 0 aromatic carbocycles. The molecule has 1 rings (SSSR count). The van der Waals surface area contributed by atoms with E-state index in [4.69, 9.17) is 0 Å².